The Kier molecular flexibility index (Phi) is 4.07. The molecule has 3 nitrogen and oxygen atoms in total. The van der Waals surface area contributed by atoms with Crippen molar-refractivity contribution in [1.29, 1.82) is 0 Å². The average Bonchev–Trinajstić information content (AvgIpc) is 2.75. The Morgan fingerprint density at radius 1 is 1.42 bits per heavy atom. The minimum absolute atomic E-state index is 0.0346. The number of halogens is 2. The van der Waals surface area contributed by atoms with Gasteiger partial charge in [0.15, 0.2) is 0 Å². The third kappa shape index (κ3) is 3.24. The fourth-order valence-corrected chi connectivity index (χ4v) is 2.72. The van der Waals surface area contributed by atoms with Gasteiger partial charge in [-0.3, -0.25) is 0 Å². The van der Waals surface area contributed by atoms with Gasteiger partial charge in [-0.25, -0.2) is 9.18 Å². The van der Waals surface area contributed by atoms with Gasteiger partial charge in [0.25, 0.3) is 0 Å². The van der Waals surface area contributed by atoms with E-state index in [-0.39, 0.29) is 11.6 Å². The van der Waals surface area contributed by atoms with Crippen molar-refractivity contribution in [3.05, 3.63) is 50.9 Å². The van der Waals surface area contributed by atoms with Gasteiger partial charge in [-0.15, -0.1) is 11.3 Å². The van der Waals surface area contributed by atoms with E-state index in [2.05, 4.69) is 5.32 Å². The largest absolute Gasteiger partial charge is 0.478 e. The van der Waals surface area contributed by atoms with E-state index in [1.54, 1.807) is 6.07 Å². The van der Waals surface area contributed by atoms with Crippen LogP contribution in [0, 0.1) is 5.82 Å². The lowest BCUT2D eigenvalue weighted by Gasteiger charge is -2.14. The first kappa shape index (κ1) is 13.8. The number of carboxylic acid groups (broad SMARTS) is 1. The Morgan fingerprint density at radius 3 is 2.68 bits per heavy atom. The van der Waals surface area contributed by atoms with Crippen LogP contribution < -0.4 is 5.32 Å². The second kappa shape index (κ2) is 5.59. The molecule has 0 saturated carbocycles. The molecule has 0 radical (unpaired) electrons. The standard InChI is InChI=1S/C13H11ClFNO2S/c1-7(11-4-5-12(14)19-11)16-8-2-3-9(13(17)18)10(15)6-8/h2-7,16H,1H3,(H,17,18). The Balaban J connectivity index is 2.15. The van der Waals surface area contributed by atoms with Gasteiger partial charge in [0.1, 0.15) is 5.82 Å². The normalized spacial score (nSPS) is 12.2. The zero-order valence-electron chi connectivity index (χ0n) is 9.98. The quantitative estimate of drug-likeness (QED) is 0.879. The number of carbonyl (C=O) groups is 1. The molecule has 6 heteroatoms. The van der Waals surface area contributed by atoms with E-state index in [0.717, 1.165) is 4.88 Å². The fraction of sp³-hybridized carbons (Fsp3) is 0.154. The van der Waals surface area contributed by atoms with Gasteiger partial charge in [0.2, 0.25) is 0 Å². The van der Waals surface area contributed by atoms with Crippen LogP contribution in [0.1, 0.15) is 28.2 Å². The molecule has 1 atom stereocenters. The monoisotopic (exact) mass is 299 g/mol. The first-order valence-corrected chi connectivity index (χ1v) is 6.71. The maximum atomic E-state index is 13.5. The van der Waals surface area contributed by atoms with Crippen LogP contribution in [0.25, 0.3) is 0 Å². The van der Waals surface area contributed by atoms with Crippen LogP contribution in [0.2, 0.25) is 4.34 Å². The number of benzene rings is 1. The molecular weight excluding hydrogens is 289 g/mol. The number of hydrogen-bond acceptors (Lipinski definition) is 3. The topological polar surface area (TPSA) is 49.3 Å². The molecule has 0 aliphatic rings. The van der Waals surface area contributed by atoms with Crippen molar-refractivity contribution in [1.82, 2.24) is 0 Å². The summed E-state index contributed by atoms with van der Waals surface area (Å²) in [6.45, 7) is 1.92. The smallest absolute Gasteiger partial charge is 0.338 e. The van der Waals surface area contributed by atoms with Gasteiger partial charge in [-0.1, -0.05) is 11.6 Å². The number of aromatic carboxylic acids is 1. The van der Waals surface area contributed by atoms with Crippen molar-refractivity contribution < 1.29 is 14.3 Å². The van der Waals surface area contributed by atoms with Crippen LogP contribution in [0.4, 0.5) is 10.1 Å². The summed E-state index contributed by atoms with van der Waals surface area (Å²) < 4.78 is 14.2. The molecule has 0 aliphatic heterocycles. The van der Waals surface area contributed by atoms with Gasteiger partial charge >= 0.3 is 5.97 Å². The number of anilines is 1. The molecule has 2 aromatic rings. The molecule has 2 rings (SSSR count). The van der Waals surface area contributed by atoms with Crippen LogP contribution in [-0.2, 0) is 0 Å². The minimum Gasteiger partial charge on any atom is -0.478 e. The first-order chi connectivity index (χ1) is 8.97. The molecule has 0 saturated heterocycles. The maximum absolute atomic E-state index is 13.5. The van der Waals surface area contributed by atoms with E-state index in [0.29, 0.717) is 10.0 Å². The zero-order chi connectivity index (χ0) is 14.0. The van der Waals surface area contributed by atoms with Crippen LogP contribution >= 0.6 is 22.9 Å². The lowest BCUT2D eigenvalue weighted by molar-refractivity contribution is 0.0692. The third-order valence-corrected chi connectivity index (χ3v) is 4.02. The molecule has 0 amide bonds. The Hall–Kier alpha value is -1.59. The zero-order valence-corrected chi connectivity index (χ0v) is 11.6. The first-order valence-electron chi connectivity index (χ1n) is 5.52. The summed E-state index contributed by atoms with van der Waals surface area (Å²) in [5.74, 6) is -2.03. The van der Waals surface area contributed by atoms with E-state index < -0.39 is 11.8 Å². The number of nitrogens with one attached hydrogen (secondary N) is 1. The van der Waals surface area contributed by atoms with Gasteiger partial charge < -0.3 is 10.4 Å². The van der Waals surface area contributed by atoms with Gasteiger partial charge in [0, 0.05) is 10.6 Å². The van der Waals surface area contributed by atoms with Gasteiger partial charge in [-0.05, 0) is 37.3 Å². The van der Waals surface area contributed by atoms with Crippen LogP contribution in [0.3, 0.4) is 0 Å². The molecule has 0 fully saturated rings. The summed E-state index contributed by atoms with van der Waals surface area (Å²) in [6, 6.07) is 7.62. The van der Waals surface area contributed by atoms with Crippen molar-refractivity contribution in [2.75, 3.05) is 5.32 Å². The Morgan fingerprint density at radius 2 is 2.16 bits per heavy atom. The van der Waals surface area contributed by atoms with Crippen LogP contribution in [-0.4, -0.2) is 11.1 Å². The molecule has 0 aliphatic carbocycles. The molecule has 2 N–H and O–H groups in total. The highest BCUT2D eigenvalue weighted by Gasteiger charge is 2.12. The molecule has 0 spiro atoms. The Bertz CT molecular complexity index is 614. The van der Waals surface area contributed by atoms with Crippen molar-refractivity contribution in [3.63, 3.8) is 0 Å². The predicted octanol–water partition coefficient (Wildman–Crippen LogP) is 4.41. The highest BCUT2D eigenvalue weighted by atomic mass is 35.5. The molecule has 0 bridgehead atoms. The highest BCUT2D eigenvalue weighted by Crippen LogP contribution is 2.29. The Labute approximate surface area is 118 Å². The van der Waals surface area contributed by atoms with E-state index >= 15 is 0 Å². The summed E-state index contributed by atoms with van der Waals surface area (Å²) in [6.07, 6.45) is 0. The van der Waals surface area contributed by atoms with E-state index in [1.807, 2.05) is 13.0 Å². The molecule has 1 aromatic heterocycles. The highest BCUT2D eigenvalue weighted by molar-refractivity contribution is 7.16. The third-order valence-electron chi connectivity index (χ3n) is 2.60. The van der Waals surface area contributed by atoms with Crippen molar-refractivity contribution in [2.45, 2.75) is 13.0 Å². The lowest BCUT2D eigenvalue weighted by atomic mass is 10.1. The van der Waals surface area contributed by atoms with Gasteiger partial charge in [-0.2, -0.15) is 0 Å². The number of thiophene rings is 1. The second-order valence-corrected chi connectivity index (χ2v) is 5.75. The molecular formula is C13H11ClFNO2S. The number of rotatable bonds is 4. The average molecular weight is 300 g/mol. The SMILES string of the molecule is CC(Nc1ccc(C(=O)O)c(F)c1)c1ccc(Cl)s1. The molecule has 1 aromatic carbocycles. The number of carboxylic acids is 1. The van der Waals surface area contributed by atoms with Crippen molar-refractivity contribution in [3.8, 4) is 0 Å². The van der Waals surface area contributed by atoms with E-state index in [4.69, 9.17) is 16.7 Å². The maximum Gasteiger partial charge on any atom is 0.338 e. The van der Waals surface area contributed by atoms with Crippen LogP contribution in [0.5, 0.6) is 0 Å². The lowest BCUT2D eigenvalue weighted by Crippen LogP contribution is -2.06. The molecule has 19 heavy (non-hydrogen) atoms. The van der Waals surface area contributed by atoms with Crippen LogP contribution in [0.15, 0.2) is 30.3 Å². The minimum atomic E-state index is -1.28. The summed E-state index contributed by atoms with van der Waals surface area (Å²) >= 11 is 7.30. The summed E-state index contributed by atoms with van der Waals surface area (Å²) in [7, 11) is 0. The predicted molar refractivity (Wildman–Crippen MR) is 74.7 cm³/mol. The number of hydrogen-bond donors (Lipinski definition) is 2. The second-order valence-electron chi connectivity index (χ2n) is 4.01. The molecule has 1 unspecified atom stereocenters. The summed E-state index contributed by atoms with van der Waals surface area (Å²) in [5.41, 5.74) is 0.192. The molecule has 1 heterocycles. The van der Waals surface area contributed by atoms with Crippen molar-refractivity contribution >= 4 is 34.6 Å². The summed E-state index contributed by atoms with van der Waals surface area (Å²) in [4.78, 5) is 11.7. The molecule has 100 valence electrons. The van der Waals surface area contributed by atoms with Gasteiger partial charge in [0.05, 0.1) is 15.9 Å². The van der Waals surface area contributed by atoms with Crippen molar-refractivity contribution in [2.24, 2.45) is 0 Å². The van der Waals surface area contributed by atoms with E-state index in [1.165, 1.54) is 29.5 Å². The summed E-state index contributed by atoms with van der Waals surface area (Å²) in [5, 5.41) is 11.8. The fourth-order valence-electron chi connectivity index (χ4n) is 1.66. The van der Waals surface area contributed by atoms with E-state index in [9.17, 15) is 9.18 Å².